The molecule has 1 N–H and O–H groups in total. The van der Waals surface area contributed by atoms with Gasteiger partial charge in [0.15, 0.2) is 0 Å². The molecular formula is CH2BNNaO. The zero-order valence-corrected chi connectivity index (χ0v) is 4.97. The Balaban J connectivity index is -0.0000000450. The van der Waals surface area contributed by atoms with Gasteiger partial charge in [-0.3, -0.25) is 0 Å². The number of rotatable bonds is 0. The molecular weight excluding hydrogens is 75.8 g/mol. The molecule has 0 fully saturated rings. The Kier molecular flexibility index (Phi) is 16.0. The summed E-state index contributed by atoms with van der Waals surface area (Å²) in [7, 11) is 0.431. The van der Waals surface area contributed by atoms with Crippen molar-refractivity contribution in [2.45, 2.75) is 0 Å². The van der Waals surface area contributed by atoms with Gasteiger partial charge in [0.05, 0.1) is 0 Å². The first-order valence-electron chi connectivity index (χ1n) is 0.770. The topological polar surface area (TPSA) is 44.0 Å². The van der Waals surface area contributed by atoms with Crippen LogP contribution in [0.2, 0.25) is 0 Å². The van der Waals surface area contributed by atoms with Gasteiger partial charge in [0.2, 0.25) is 0 Å². The second-order valence-electron chi connectivity index (χ2n) is 0.258. The average molecular weight is 77.8 g/mol. The van der Waals surface area contributed by atoms with E-state index in [-0.39, 0.29) is 31.0 Å². The molecule has 0 saturated carbocycles. The molecule has 0 saturated heterocycles. The van der Waals surface area contributed by atoms with Crippen molar-refractivity contribution in [3.63, 3.8) is 0 Å². The summed E-state index contributed by atoms with van der Waals surface area (Å²) in [5.74, 6) is 1.36. The van der Waals surface area contributed by atoms with E-state index in [0.717, 1.165) is 0 Å². The van der Waals surface area contributed by atoms with E-state index in [1.807, 2.05) is 0 Å². The molecule has 0 aromatic carbocycles. The van der Waals surface area contributed by atoms with Crippen molar-refractivity contribution in [1.29, 1.82) is 5.26 Å². The SMILES string of the molecule is N#C[B]O.[H-].[Na+]. The van der Waals surface area contributed by atoms with Crippen LogP contribution >= 0.6 is 0 Å². The first-order chi connectivity index (χ1) is 1.91. The van der Waals surface area contributed by atoms with Crippen LogP contribution in [0.15, 0.2) is 0 Å². The number of hydrogen-bond acceptors (Lipinski definition) is 2. The van der Waals surface area contributed by atoms with Gasteiger partial charge in [-0.05, 0) is 0 Å². The molecule has 5 heavy (non-hydrogen) atoms. The van der Waals surface area contributed by atoms with Crippen molar-refractivity contribution >= 4 is 7.48 Å². The van der Waals surface area contributed by atoms with Gasteiger partial charge in [-0.25, -0.2) is 5.26 Å². The van der Waals surface area contributed by atoms with Gasteiger partial charge >= 0.3 is 37.0 Å². The first kappa shape index (κ1) is 9.10. The van der Waals surface area contributed by atoms with Crippen molar-refractivity contribution in [1.82, 2.24) is 0 Å². The third kappa shape index (κ3) is 12.4. The minimum atomic E-state index is 0. The van der Waals surface area contributed by atoms with Crippen molar-refractivity contribution in [3.05, 3.63) is 0 Å². The molecule has 4 heteroatoms. The van der Waals surface area contributed by atoms with Crippen LogP contribution in [0.5, 0.6) is 0 Å². The van der Waals surface area contributed by atoms with Gasteiger partial charge in [0.1, 0.15) is 0 Å². The zero-order valence-electron chi connectivity index (χ0n) is 3.97. The van der Waals surface area contributed by atoms with E-state index in [9.17, 15) is 0 Å². The van der Waals surface area contributed by atoms with Crippen molar-refractivity contribution in [2.24, 2.45) is 0 Å². The molecule has 0 bridgehead atoms. The fourth-order valence-electron chi connectivity index (χ4n) is 0. The van der Waals surface area contributed by atoms with Crippen LogP contribution in [-0.2, 0) is 0 Å². The third-order valence-electron chi connectivity index (χ3n) is 0.0577. The Morgan fingerprint density at radius 1 is 2.00 bits per heavy atom. The Labute approximate surface area is 54.8 Å². The van der Waals surface area contributed by atoms with Gasteiger partial charge in [0.25, 0.3) is 0 Å². The Morgan fingerprint density at radius 3 is 2.20 bits per heavy atom. The minimum Gasteiger partial charge on any atom is -1.00 e. The fraction of sp³-hybridized carbons (Fsp3) is 0. The molecule has 0 amide bonds. The zero-order chi connectivity index (χ0) is 3.41. The van der Waals surface area contributed by atoms with Gasteiger partial charge in [-0.2, -0.15) is 0 Å². The molecule has 0 aliphatic rings. The number of nitriles is 1. The normalized spacial score (nSPS) is 3.20. The molecule has 0 aromatic heterocycles. The summed E-state index contributed by atoms with van der Waals surface area (Å²) >= 11 is 0. The molecule has 2 nitrogen and oxygen atoms in total. The predicted molar refractivity (Wildman–Crippen MR) is 14.7 cm³/mol. The number of nitrogens with zero attached hydrogens (tertiary/aromatic N) is 1. The molecule has 1 radical (unpaired) electrons. The van der Waals surface area contributed by atoms with Crippen LogP contribution in [0.3, 0.4) is 0 Å². The van der Waals surface area contributed by atoms with E-state index in [0.29, 0.717) is 7.48 Å². The summed E-state index contributed by atoms with van der Waals surface area (Å²) in [5.41, 5.74) is 0. The van der Waals surface area contributed by atoms with Crippen molar-refractivity contribution in [2.75, 3.05) is 0 Å². The fourth-order valence-corrected chi connectivity index (χ4v) is 0. The Hall–Kier alpha value is 0.515. The summed E-state index contributed by atoms with van der Waals surface area (Å²) in [6, 6.07) is 0. The van der Waals surface area contributed by atoms with Crippen molar-refractivity contribution < 1.29 is 36.0 Å². The smallest absolute Gasteiger partial charge is 1.00 e. The van der Waals surface area contributed by atoms with Crippen molar-refractivity contribution in [3.8, 4) is 5.97 Å². The van der Waals surface area contributed by atoms with Gasteiger partial charge in [-0.15, -0.1) is 0 Å². The minimum absolute atomic E-state index is 0. The largest absolute Gasteiger partial charge is 1.00 e. The molecule has 0 aliphatic carbocycles. The Morgan fingerprint density at radius 2 is 2.20 bits per heavy atom. The third-order valence-corrected chi connectivity index (χ3v) is 0.0577. The molecule has 0 atom stereocenters. The van der Waals surface area contributed by atoms with Crippen LogP contribution in [0.1, 0.15) is 1.43 Å². The molecule has 0 aromatic rings. The summed E-state index contributed by atoms with van der Waals surface area (Å²) in [4.78, 5) is 0. The first-order valence-corrected chi connectivity index (χ1v) is 0.770. The summed E-state index contributed by atoms with van der Waals surface area (Å²) in [6.45, 7) is 0. The molecule has 21 valence electrons. The van der Waals surface area contributed by atoms with E-state index in [2.05, 4.69) is 0 Å². The molecule has 0 unspecified atom stereocenters. The standard InChI is InChI=1S/CHBNO.Na.H/c3-1-2-4;;/h4H;;/q;+1;-1. The van der Waals surface area contributed by atoms with Crippen LogP contribution in [-0.4, -0.2) is 12.5 Å². The van der Waals surface area contributed by atoms with E-state index >= 15 is 0 Å². The number of hydrogen-bond donors (Lipinski definition) is 1. The Bertz CT molecular complexity index is 45.3. The van der Waals surface area contributed by atoms with Crippen LogP contribution < -0.4 is 29.6 Å². The summed E-state index contributed by atoms with van der Waals surface area (Å²) in [6.07, 6.45) is 0. The van der Waals surface area contributed by atoms with Crippen LogP contribution in [0.25, 0.3) is 0 Å². The molecule has 0 heterocycles. The molecule has 0 spiro atoms. The maximum atomic E-state index is 7.39. The van der Waals surface area contributed by atoms with Gasteiger partial charge in [0, 0.05) is 5.97 Å². The maximum absolute atomic E-state index is 7.39. The van der Waals surface area contributed by atoms with Crippen LogP contribution in [0.4, 0.5) is 0 Å². The van der Waals surface area contributed by atoms with E-state index in [1.54, 1.807) is 0 Å². The second-order valence-corrected chi connectivity index (χ2v) is 0.258. The monoisotopic (exact) mass is 78.0 g/mol. The summed E-state index contributed by atoms with van der Waals surface area (Å²) in [5, 5.41) is 14.7. The summed E-state index contributed by atoms with van der Waals surface area (Å²) < 4.78 is 0. The van der Waals surface area contributed by atoms with Crippen LogP contribution in [0, 0.1) is 11.2 Å². The van der Waals surface area contributed by atoms with E-state index < -0.39 is 0 Å². The molecule has 0 rings (SSSR count). The predicted octanol–water partition coefficient (Wildman–Crippen LogP) is -3.80. The molecule has 0 aliphatic heterocycles. The van der Waals surface area contributed by atoms with E-state index in [1.165, 1.54) is 5.97 Å². The van der Waals surface area contributed by atoms with E-state index in [4.69, 9.17) is 10.3 Å². The average Bonchev–Trinajstić information content (AvgIpc) is 1.37. The van der Waals surface area contributed by atoms with Gasteiger partial charge < -0.3 is 6.45 Å². The second kappa shape index (κ2) is 8.82. The van der Waals surface area contributed by atoms with Gasteiger partial charge in [-0.1, -0.05) is 0 Å². The quantitative estimate of drug-likeness (QED) is 0.302. The maximum Gasteiger partial charge on any atom is 1.00 e.